The van der Waals surface area contributed by atoms with Crippen molar-refractivity contribution in [2.45, 2.75) is 70.2 Å². The molecule has 1 fully saturated rings. The Bertz CT molecular complexity index is 945. The predicted molar refractivity (Wildman–Crippen MR) is 121 cm³/mol. The Hall–Kier alpha value is -2.71. The molecule has 8 heteroatoms. The van der Waals surface area contributed by atoms with Crippen LogP contribution in [0.5, 0.6) is 0 Å². The Morgan fingerprint density at radius 1 is 1.28 bits per heavy atom. The molecule has 8 nitrogen and oxygen atoms in total. The molecule has 4 atom stereocenters. The number of nitrogens with zero attached hydrogens (tertiary/aromatic N) is 3. The van der Waals surface area contributed by atoms with Gasteiger partial charge in [-0.3, -0.25) is 14.3 Å². The average molecular weight is 443 g/mol. The van der Waals surface area contributed by atoms with Crippen LogP contribution in [0, 0.1) is 6.92 Å². The van der Waals surface area contributed by atoms with Gasteiger partial charge >= 0.3 is 0 Å². The molecule has 0 bridgehead atoms. The van der Waals surface area contributed by atoms with E-state index in [0.29, 0.717) is 43.6 Å². The van der Waals surface area contributed by atoms with Gasteiger partial charge in [0.2, 0.25) is 5.91 Å². The smallest absolute Gasteiger partial charge is 0.257 e. The van der Waals surface area contributed by atoms with E-state index in [-0.39, 0.29) is 11.8 Å². The minimum Gasteiger partial charge on any atom is -0.390 e. The maximum Gasteiger partial charge on any atom is 0.257 e. The summed E-state index contributed by atoms with van der Waals surface area (Å²) < 4.78 is 1.71. The number of aromatic nitrogens is 2. The van der Waals surface area contributed by atoms with Crippen LogP contribution in [-0.4, -0.2) is 68.6 Å². The lowest BCUT2D eigenvalue weighted by molar-refractivity contribution is -0.119. The minimum absolute atomic E-state index is 0.144. The third-order valence-corrected chi connectivity index (χ3v) is 6.69. The van der Waals surface area contributed by atoms with Gasteiger partial charge in [0.05, 0.1) is 23.4 Å². The highest BCUT2D eigenvalue weighted by Crippen LogP contribution is 2.40. The molecule has 174 valence electrons. The third kappa shape index (κ3) is 4.86. The van der Waals surface area contributed by atoms with Gasteiger partial charge in [0.15, 0.2) is 0 Å². The number of nitrogens with one attached hydrogen (secondary N) is 1. The molecule has 1 aliphatic rings. The molecular weight excluding hydrogens is 408 g/mol. The van der Waals surface area contributed by atoms with Gasteiger partial charge in [-0.15, -0.1) is 0 Å². The second-order valence-corrected chi connectivity index (χ2v) is 8.82. The largest absolute Gasteiger partial charge is 0.390 e. The van der Waals surface area contributed by atoms with Crippen LogP contribution >= 0.6 is 0 Å². The zero-order chi connectivity index (χ0) is 23.5. The summed E-state index contributed by atoms with van der Waals surface area (Å²) in [5.41, 5.74) is 1.58. The number of hydrogen-bond donors (Lipinski definition) is 3. The first-order chi connectivity index (χ1) is 15.2. The van der Waals surface area contributed by atoms with E-state index in [1.165, 1.54) is 11.8 Å². The van der Waals surface area contributed by atoms with Crippen LogP contribution in [0.15, 0.2) is 36.5 Å². The summed E-state index contributed by atoms with van der Waals surface area (Å²) in [6, 6.07) is 9.17. The molecule has 3 rings (SSSR count). The number of amides is 2. The van der Waals surface area contributed by atoms with Gasteiger partial charge in [-0.1, -0.05) is 30.3 Å². The molecule has 2 amide bonds. The summed E-state index contributed by atoms with van der Waals surface area (Å²) in [5.74, 6) is -0.393. The van der Waals surface area contributed by atoms with Crippen LogP contribution in [0.1, 0.15) is 54.7 Å². The fourth-order valence-corrected chi connectivity index (χ4v) is 4.68. The Balaban J connectivity index is 1.99. The van der Waals surface area contributed by atoms with E-state index in [1.54, 1.807) is 24.9 Å². The lowest BCUT2D eigenvalue weighted by Gasteiger charge is -2.39. The quantitative estimate of drug-likeness (QED) is 0.590. The molecule has 0 radical (unpaired) electrons. The Morgan fingerprint density at radius 2 is 1.97 bits per heavy atom. The number of rotatable bonds is 6. The van der Waals surface area contributed by atoms with Gasteiger partial charge in [-0.25, -0.2) is 0 Å². The fraction of sp³-hybridized carbons (Fsp3) is 0.542. The van der Waals surface area contributed by atoms with Crippen molar-refractivity contribution < 1.29 is 19.8 Å². The van der Waals surface area contributed by atoms with Crippen molar-refractivity contribution in [3.63, 3.8) is 0 Å². The molecule has 1 aromatic heterocycles. The highest BCUT2D eigenvalue weighted by Gasteiger charge is 2.45. The van der Waals surface area contributed by atoms with Crippen molar-refractivity contribution in [1.82, 2.24) is 20.0 Å². The lowest BCUT2D eigenvalue weighted by Crippen LogP contribution is -2.51. The van der Waals surface area contributed by atoms with Gasteiger partial charge in [0, 0.05) is 38.7 Å². The summed E-state index contributed by atoms with van der Waals surface area (Å²) in [6.07, 6.45) is 0.974. The first kappa shape index (κ1) is 23.9. The summed E-state index contributed by atoms with van der Waals surface area (Å²) >= 11 is 0. The molecule has 1 aromatic carbocycles. The number of aryl methyl sites for hydroxylation is 2. The molecule has 3 N–H and O–H groups in total. The monoisotopic (exact) mass is 442 g/mol. The third-order valence-electron chi connectivity index (χ3n) is 6.69. The van der Waals surface area contributed by atoms with E-state index in [1.807, 2.05) is 37.3 Å². The molecule has 0 saturated heterocycles. The predicted octanol–water partition coefficient (Wildman–Crippen LogP) is 1.63. The van der Waals surface area contributed by atoms with Crippen molar-refractivity contribution in [1.29, 1.82) is 0 Å². The molecule has 1 aliphatic carbocycles. The topological polar surface area (TPSA) is 108 Å². The fourth-order valence-electron chi connectivity index (χ4n) is 4.68. The van der Waals surface area contributed by atoms with Crippen LogP contribution in [0.3, 0.4) is 0 Å². The van der Waals surface area contributed by atoms with Gasteiger partial charge in [0.1, 0.15) is 6.10 Å². The number of hydrogen-bond acceptors (Lipinski definition) is 5. The van der Waals surface area contributed by atoms with Gasteiger partial charge in [-0.2, -0.15) is 5.10 Å². The van der Waals surface area contributed by atoms with Crippen molar-refractivity contribution in [3.8, 4) is 0 Å². The highest BCUT2D eigenvalue weighted by atomic mass is 16.3. The van der Waals surface area contributed by atoms with Crippen molar-refractivity contribution in [2.24, 2.45) is 0 Å². The molecule has 1 heterocycles. The Kier molecular flexibility index (Phi) is 7.36. The van der Waals surface area contributed by atoms with Crippen LogP contribution in [0.2, 0.25) is 0 Å². The van der Waals surface area contributed by atoms with E-state index in [0.717, 1.165) is 5.56 Å². The second kappa shape index (κ2) is 9.83. The number of likely N-dealkylation sites (N-methyl/N-ethyl adjacent to an activating group) is 1. The molecule has 0 spiro atoms. The number of carbonyl (C=O) groups excluding carboxylic acids is 2. The standard InChI is InChI=1S/C24H34N4O4/c1-5-28-14-19(16(2)26-28)23(32)27(4)20-13-24(15-25-17(3)29,12-11-21(30)22(20)31)18-9-7-6-8-10-18/h6-10,14,20-22,30-31H,5,11-13,15H2,1-4H3,(H,25,29)/t20-,21-,22+,24+/m0/s1. The minimum atomic E-state index is -1.10. The van der Waals surface area contributed by atoms with Crippen molar-refractivity contribution in [2.75, 3.05) is 13.6 Å². The van der Waals surface area contributed by atoms with Crippen LogP contribution < -0.4 is 5.32 Å². The number of benzene rings is 1. The van der Waals surface area contributed by atoms with E-state index >= 15 is 0 Å². The molecule has 0 unspecified atom stereocenters. The maximum absolute atomic E-state index is 13.4. The summed E-state index contributed by atoms with van der Waals surface area (Å²) in [7, 11) is 1.66. The van der Waals surface area contributed by atoms with E-state index in [4.69, 9.17) is 0 Å². The summed E-state index contributed by atoms with van der Waals surface area (Å²) in [6.45, 7) is 6.22. The van der Waals surface area contributed by atoms with Crippen LogP contribution in [0.4, 0.5) is 0 Å². The summed E-state index contributed by atoms with van der Waals surface area (Å²) in [4.78, 5) is 26.7. The Morgan fingerprint density at radius 3 is 2.56 bits per heavy atom. The Labute approximate surface area is 189 Å². The van der Waals surface area contributed by atoms with Crippen molar-refractivity contribution in [3.05, 3.63) is 53.3 Å². The molecule has 32 heavy (non-hydrogen) atoms. The van der Waals surface area contributed by atoms with Gasteiger partial charge in [0.25, 0.3) is 5.91 Å². The van der Waals surface area contributed by atoms with Gasteiger partial charge < -0.3 is 20.4 Å². The second-order valence-electron chi connectivity index (χ2n) is 8.82. The van der Waals surface area contributed by atoms with Gasteiger partial charge in [-0.05, 0) is 38.7 Å². The molecule has 0 aliphatic heterocycles. The average Bonchev–Trinajstić information content (AvgIpc) is 3.12. The summed E-state index contributed by atoms with van der Waals surface area (Å²) in [5, 5.41) is 29.0. The first-order valence-electron chi connectivity index (χ1n) is 11.2. The number of carbonyl (C=O) groups is 2. The number of aliphatic hydroxyl groups excluding tert-OH is 2. The number of aliphatic hydroxyl groups is 2. The van der Waals surface area contributed by atoms with E-state index < -0.39 is 23.7 Å². The normalized spacial score (nSPS) is 25.8. The zero-order valence-corrected chi connectivity index (χ0v) is 19.3. The molecular formula is C24H34N4O4. The zero-order valence-electron chi connectivity index (χ0n) is 19.3. The van der Waals surface area contributed by atoms with E-state index in [2.05, 4.69) is 10.4 Å². The van der Waals surface area contributed by atoms with Crippen LogP contribution in [-0.2, 0) is 16.8 Å². The maximum atomic E-state index is 13.4. The first-order valence-corrected chi connectivity index (χ1v) is 11.2. The van der Waals surface area contributed by atoms with Crippen molar-refractivity contribution >= 4 is 11.8 Å². The molecule has 1 saturated carbocycles. The SMILES string of the molecule is CCn1cc(C(=O)N(C)[C@H]2C[C@](CNC(C)=O)(c3ccccc3)CC[C@H](O)[C@@H]2O)c(C)n1. The molecule has 2 aromatic rings. The van der Waals surface area contributed by atoms with E-state index in [9.17, 15) is 19.8 Å². The highest BCUT2D eigenvalue weighted by molar-refractivity contribution is 5.95. The lowest BCUT2D eigenvalue weighted by atomic mass is 9.73. The van der Waals surface area contributed by atoms with Crippen LogP contribution in [0.25, 0.3) is 0 Å².